The molecule has 2 nitrogen and oxygen atoms in total. The third-order valence-electron chi connectivity index (χ3n) is 2.75. The van der Waals surface area contributed by atoms with E-state index in [1.54, 1.807) is 0 Å². The summed E-state index contributed by atoms with van der Waals surface area (Å²) >= 11 is 0. The van der Waals surface area contributed by atoms with E-state index < -0.39 is 0 Å². The lowest BCUT2D eigenvalue weighted by Gasteiger charge is -2.00. The zero-order valence-corrected chi connectivity index (χ0v) is 5.67. The fourth-order valence-electron chi connectivity index (χ4n) is 2.25. The van der Waals surface area contributed by atoms with Gasteiger partial charge in [0.15, 0.2) is 0 Å². The van der Waals surface area contributed by atoms with Crippen molar-refractivity contribution in [2.45, 2.75) is 24.7 Å². The lowest BCUT2D eigenvalue weighted by molar-refractivity contribution is 0.722. The van der Waals surface area contributed by atoms with Crippen LogP contribution >= 0.6 is 0 Å². The second-order valence-corrected chi connectivity index (χ2v) is 3.25. The molecule has 2 aliphatic carbocycles. The molecular formula is C8H9N2+. The van der Waals surface area contributed by atoms with Gasteiger partial charge in [-0.2, -0.15) is 5.10 Å². The van der Waals surface area contributed by atoms with Crippen molar-refractivity contribution in [1.29, 1.82) is 0 Å². The normalized spacial score (nSPS) is 34.0. The molecule has 2 heteroatoms. The van der Waals surface area contributed by atoms with E-state index in [-0.39, 0.29) is 0 Å². The Morgan fingerprint density at radius 3 is 3.60 bits per heavy atom. The molecule has 1 aromatic rings. The van der Waals surface area contributed by atoms with Crippen molar-refractivity contribution in [1.82, 2.24) is 10.2 Å². The van der Waals surface area contributed by atoms with Gasteiger partial charge in [-0.15, -0.1) is 0 Å². The van der Waals surface area contributed by atoms with Crippen LogP contribution in [0.25, 0.3) is 0 Å². The minimum atomic E-state index is 0.735. The van der Waals surface area contributed by atoms with Crippen LogP contribution in [0.4, 0.5) is 0 Å². The van der Waals surface area contributed by atoms with Gasteiger partial charge in [-0.25, -0.2) is 0 Å². The highest BCUT2D eigenvalue weighted by molar-refractivity contribution is 5.37. The van der Waals surface area contributed by atoms with Gasteiger partial charge in [0.2, 0.25) is 0 Å². The molecule has 0 aliphatic heterocycles. The third-order valence-corrected chi connectivity index (χ3v) is 2.75. The molecule has 1 N–H and O–H groups in total. The average Bonchev–Trinajstić information content (AvgIpc) is 2.60. The molecule has 2 bridgehead atoms. The first kappa shape index (κ1) is 4.83. The molecule has 2 aliphatic rings. The monoisotopic (exact) mass is 133 g/mol. The predicted octanol–water partition coefficient (Wildman–Crippen LogP) is 1.59. The summed E-state index contributed by atoms with van der Waals surface area (Å²) in [5, 5.41) is 7.12. The summed E-state index contributed by atoms with van der Waals surface area (Å²) in [7, 11) is 0. The van der Waals surface area contributed by atoms with Gasteiger partial charge in [0.05, 0.1) is 24.7 Å². The van der Waals surface area contributed by atoms with E-state index >= 15 is 0 Å². The van der Waals surface area contributed by atoms with Gasteiger partial charge in [-0.3, -0.25) is 5.10 Å². The highest BCUT2D eigenvalue weighted by Crippen LogP contribution is 2.51. The lowest BCUT2D eigenvalue weighted by atomic mass is 9.99. The quantitative estimate of drug-likeness (QED) is 0.535. The maximum atomic E-state index is 4.04. The molecule has 0 radical (unpaired) electrons. The van der Waals surface area contributed by atoms with Gasteiger partial charge in [0, 0.05) is 17.9 Å². The van der Waals surface area contributed by atoms with E-state index in [4.69, 9.17) is 0 Å². The maximum Gasteiger partial charge on any atom is 0.127 e. The van der Waals surface area contributed by atoms with Crippen LogP contribution in [-0.4, -0.2) is 10.2 Å². The standard InChI is InChI=1S/C8H9N2/c1-2-6-3-5(1)7-4-9-10-8(6)7/h1,4-6H,2-3H2,(H,9,10)/q+1/t5-,6+/m0/s1. The molecular weight excluding hydrogens is 124 g/mol. The number of aromatic amines is 1. The Morgan fingerprint density at radius 2 is 2.70 bits per heavy atom. The molecule has 0 saturated heterocycles. The van der Waals surface area contributed by atoms with E-state index in [0.29, 0.717) is 0 Å². The van der Waals surface area contributed by atoms with Gasteiger partial charge >= 0.3 is 0 Å². The van der Waals surface area contributed by atoms with Crippen LogP contribution in [0.1, 0.15) is 35.9 Å². The van der Waals surface area contributed by atoms with Crippen LogP contribution in [-0.2, 0) is 0 Å². The first-order valence-electron chi connectivity index (χ1n) is 3.81. The smallest absolute Gasteiger partial charge is 0.127 e. The number of aromatic nitrogens is 2. The van der Waals surface area contributed by atoms with Crippen molar-refractivity contribution in [3.63, 3.8) is 0 Å². The van der Waals surface area contributed by atoms with Gasteiger partial charge in [-0.1, -0.05) is 0 Å². The van der Waals surface area contributed by atoms with E-state index in [9.17, 15) is 0 Å². The zero-order chi connectivity index (χ0) is 6.55. The van der Waals surface area contributed by atoms with Crippen LogP contribution in [0.5, 0.6) is 0 Å². The topological polar surface area (TPSA) is 28.7 Å². The van der Waals surface area contributed by atoms with Crippen molar-refractivity contribution in [3.8, 4) is 0 Å². The van der Waals surface area contributed by atoms with Crippen molar-refractivity contribution >= 4 is 0 Å². The molecule has 50 valence electrons. The Hall–Kier alpha value is -0.920. The lowest BCUT2D eigenvalue weighted by Crippen LogP contribution is -1.95. The number of nitrogens with one attached hydrogen (secondary N) is 1. The molecule has 1 aromatic heterocycles. The largest absolute Gasteiger partial charge is 0.282 e. The summed E-state index contributed by atoms with van der Waals surface area (Å²) in [6, 6.07) is 0. The summed E-state index contributed by atoms with van der Waals surface area (Å²) in [5.74, 6) is 1.52. The van der Waals surface area contributed by atoms with E-state index in [2.05, 4.69) is 16.6 Å². The van der Waals surface area contributed by atoms with E-state index in [1.165, 1.54) is 24.1 Å². The fourth-order valence-corrected chi connectivity index (χ4v) is 2.25. The summed E-state index contributed by atoms with van der Waals surface area (Å²) < 4.78 is 0. The highest BCUT2D eigenvalue weighted by atomic mass is 15.1. The summed E-state index contributed by atoms with van der Waals surface area (Å²) in [5.41, 5.74) is 2.86. The van der Waals surface area contributed by atoms with Crippen LogP contribution < -0.4 is 0 Å². The summed E-state index contributed by atoms with van der Waals surface area (Å²) in [6.45, 7) is 0. The number of hydrogen-bond acceptors (Lipinski definition) is 1. The van der Waals surface area contributed by atoms with Crippen LogP contribution in [0, 0.1) is 6.42 Å². The molecule has 10 heavy (non-hydrogen) atoms. The summed E-state index contributed by atoms with van der Waals surface area (Å²) in [4.78, 5) is 0. The van der Waals surface area contributed by atoms with Crippen LogP contribution in [0.2, 0.25) is 0 Å². The molecule has 0 amide bonds. The Balaban J connectivity index is 2.25. The Labute approximate surface area is 59.6 Å². The number of nitrogens with zero attached hydrogens (tertiary/aromatic N) is 1. The second kappa shape index (κ2) is 1.39. The SMILES string of the molecule is c1n[nH]c2c1[C@H]1[CH+]C[C@@H]2C1. The Bertz CT molecular complexity index is 239. The van der Waals surface area contributed by atoms with Gasteiger partial charge in [0.1, 0.15) is 5.92 Å². The molecule has 2 atom stereocenters. The van der Waals surface area contributed by atoms with Crippen LogP contribution in [0.15, 0.2) is 6.20 Å². The average molecular weight is 133 g/mol. The Kier molecular flexibility index (Phi) is 0.670. The second-order valence-electron chi connectivity index (χ2n) is 3.25. The van der Waals surface area contributed by atoms with Crippen molar-refractivity contribution in [2.75, 3.05) is 0 Å². The van der Waals surface area contributed by atoms with Crippen molar-refractivity contribution in [2.24, 2.45) is 0 Å². The van der Waals surface area contributed by atoms with Gasteiger partial charge in [0.25, 0.3) is 0 Å². The van der Waals surface area contributed by atoms with Crippen molar-refractivity contribution in [3.05, 3.63) is 23.9 Å². The van der Waals surface area contributed by atoms with Gasteiger partial charge in [-0.05, 0) is 0 Å². The van der Waals surface area contributed by atoms with Crippen LogP contribution in [0.3, 0.4) is 0 Å². The molecule has 1 heterocycles. The number of rotatable bonds is 0. The molecule has 0 aromatic carbocycles. The third kappa shape index (κ3) is 0.385. The summed E-state index contributed by atoms with van der Waals surface area (Å²) in [6.07, 6.45) is 7.00. The number of fused-ring (bicyclic) bond motifs is 5. The number of hydrogen-bond donors (Lipinski definition) is 1. The Morgan fingerprint density at radius 1 is 1.70 bits per heavy atom. The first-order chi connectivity index (χ1) is 4.95. The zero-order valence-electron chi connectivity index (χ0n) is 5.67. The minimum absolute atomic E-state index is 0.735. The van der Waals surface area contributed by atoms with E-state index in [1.807, 2.05) is 6.20 Å². The molecule has 3 rings (SSSR count). The highest BCUT2D eigenvalue weighted by Gasteiger charge is 2.45. The molecule has 0 spiro atoms. The van der Waals surface area contributed by atoms with Crippen molar-refractivity contribution < 1.29 is 0 Å². The van der Waals surface area contributed by atoms with E-state index in [0.717, 1.165) is 11.8 Å². The number of H-pyrrole nitrogens is 1. The fraction of sp³-hybridized carbons (Fsp3) is 0.500. The first-order valence-corrected chi connectivity index (χ1v) is 3.81. The maximum absolute atomic E-state index is 4.04. The predicted molar refractivity (Wildman–Crippen MR) is 37.6 cm³/mol. The van der Waals surface area contributed by atoms with Gasteiger partial charge < -0.3 is 0 Å². The molecule has 1 saturated carbocycles. The molecule has 1 fully saturated rings. The molecule has 0 unspecified atom stereocenters. The minimum Gasteiger partial charge on any atom is -0.282 e.